The lowest BCUT2D eigenvalue weighted by Crippen LogP contribution is -2.13. The van der Waals surface area contributed by atoms with E-state index in [1.54, 1.807) is 12.1 Å². The molecule has 0 fully saturated rings. The molecule has 0 saturated carbocycles. The Morgan fingerprint density at radius 3 is 2.43 bits per heavy atom. The Hall–Kier alpha value is -2.25. The predicted octanol–water partition coefficient (Wildman–Crippen LogP) is 2.91. The molecule has 0 unspecified atom stereocenters. The molecule has 122 valence electrons. The number of carboxylic acids is 1. The Bertz CT molecular complexity index is 818. The average Bonchev–Trinajstić information content (AvgIpc) is 2.49. The molecule has 0 saturated heterocycles. The summed E-state index contributed by atoms with van der Waals surface area (Å²) in [5, 5.41) is 8.98. The molecule has 0 amide bonds. The summed E-state index contributed by atoms with van der Waals surface area (Å²) in [5.74, 6) is -0.843. The van der Waals surface area contributed by atoms with E-state index < -0.39 is 22.6 Å². The van der Waals surface area contributed by atoms with E-state index in [-0.39, 0.29) is 10.6 Å². The number of ether oxygens (including phenoxy) is 1. The van der Waals surface area contributed by atoms with Crippen molar-refractivity contribution < 1.29 is 23.1 Å². The van der Waals surface area contributed by atoms with Gasteiger partial charge in [-0.25, -0.2) is 13.2 Å². The summed E-state index contributed by atoms with van der Waals surface area (Å²) in [6.45, 7) is 1.32. The van der Waals surface area contributed by atoms with E-state index >= 15 is 0 Å². The van der Waals surface area contributed by atoms with E-state index in [2.05, 4.69) is 4.72 Å². The zero-order valence-corrected chi connectivity index (χ0v) is 13.7. The molecular formula is C15H14ClNO5S. The maximum absolute atomic E-state index is 12.3. The summed E-state index contributed by atoms with van der Waals surface area (Å²) in [7, 11) is -3.77. The zero-order chi connectivity index (χ0) is 17.0. The minimum atomic E-state index is -3.77. The van der Waals surface area contributed by atoms with E-state index in [1.165, 1.54) is 30.3 Å². The number of aryl methyl sites for hydroxylation is 1. The number of carbonyl (C=O) groups is 1. The van der Waals surface area contributed by atoms with E-state index in [1.807, 2.05) is 6.92 Å². The molecule has 2 rings (SSSR count). The van der Waals surface area contributed by atoms with Crippen LogP contribution >= 0.6 is 11.6 Å². The zero-order valence-electron chi connectivity index (χ0n) is 12.1. The van der Waals surface area contributed by atoms with Crippen LogP contribution in [-0.2, 0) is 14.8 Å². The van der Waals surface area contributed by atoms with Crippen LogP contribution in [0.25, 0.3) is 0 Å². The standard InChI is InChI=1S/C15H14ClNO5S/c1-10-2-3-11(8-14(10)16)17-23(20,21)13-6-4-12(5-7-13)22-9-15(18)19/h2-8,17H,9H2,1H3,(H,18,19). The molecule has 0 aliphatic rings. The van der Waals surface area contributed by atoms with E-state index in [9.17, 15) is 13.2 Å². The van der Waals surface area contributed by atoms with E-state index in [4.69, 9.17) is 21.4 Å². The summed E-state index contributed by atoms with van der Waals surface area (Å²) in [5.41, 5.74) is 1.20. The molecular weight excluding hydrogens is 342 g/mol. The van der Waals surface area contributed by atoms with Crippen LogP contribution in [0.5, 0.6) is 5.75 Å². The highest BCUT2D eigenvalue weighted by molar-refractivity contribution is 7.92. The molecule has 0 aliphatic carbocycles. The summed E-state index contributed by atoms with van der Waals surface area (Å²) in [6.07, 6.45) is 0. The molecule has 2 aromatic carbocycles. The fourth-order valence-electron chi connectivity index (χ4n) is 1.73. The molecule has 2 aromatic rings. The Morgan fingerprint density at radius 1 is 1.22 bits per heavy atom. The summed E-state index contributed by atoms with van der Waals surface area (Å²) >= 11 is 5.97. The summed E-state index contributed by atoms with van der Waals surface area (Å²) < 4.78 is 31.9. The van der Waals surface area contributed by atoms with Gasteiger partial charge < -0.3 is 9.84 Å². The number of aliphatic carboxylic acids is 1. The second-order valence-electron chi connectivity index (χ2n) is 4.72. The number of nitrogens with one attached hydrogen (secondary N) is 1. The van der Waals surface area contributed by atoms with Gasteiger partial charge in [-0.15, -0.1) is 0 Å². The molecule has 6 nitrogen and oxygen atoms in total. The molecule has 0 aromatic heterocycles. The number of anilines is 1. The Balaban J connectivity index is 2.15. The monoisotopic (exact) mass is 355 g/mol. The maximum Gasteiger partial charge on any atom is 0.341 e. The quantitative estimate of drug-likeness (QED) is 0.831. The molecule has 0 bridgehead atoms. The number of hydrogen-bond acceptors (Lipinski definition) is 4. The van der Waals surface area contributed by atoms with Gasteiger partial charge in [-0.05, 0) is 48.9 Å². The summed E-state index contributed by atoms with van der Waals surface area (Å²) in [4.78, 5) is 10.4. The van der Waals surface area contributed by atoms with Crippen molar-refractivity contribution in [1.29, 1.82) is 0 Å². The first-order valence-electron chi connectivity index (χ1n) is 6.51. The van der Waals surface area contributed by atoms with Crippen molar-refractivity contribution in [3.05, 3.63) is 53.1 Å². The first kappa shape index (κ1) is 17.1. The van der Waals surface area contributed by atoms with Gasteiger partial charge in [0, 0.05) is 5.02 Å². The SMILES string of the molecule is Cc1ccc(NS(=O)(=O)c2ccc(OCC(=O)O)cc2)cc1Cl. The number of halogens is 1. The fourth-order valence-corrected chi connectivity index (χ4v) is 2.96. The van der Waals surface area contributed by atoms with Gasteiger partial charge in [0.15, 0.2) is 6.61 Å². The van der Waals surface area contributed by atoms with Crippen molar-refractivity contribution in [3.8, 4) is 5.75 Å². The van der Waals surface area contributed by atoms with Crippen molar-refractivity contribution in [2.45, 2.75) is 11.8 Å². The Kier molecular flexibility index (Phi) is 5.12. The van der Waals surface area contributed by atoms with Crippen molar-refractivity contribution in [2.75, 3.05) is 11.3 Å². The number of carboxylic acid groups (broad SMARTS) is 1. The number of rotatable bonds is 6. The average molecular weight is 356 g/mol. The molecule has 23 heavy (non-hydrogen) atoms. The molecule has 0 spiro atoms. The highest BCUT2D eigenvalue weighted by atomic mass is 35.5. The van der Waals surface area contributed by atoms with Gasteiger partial charge in [-0.2, -0.15) is 0 Å². The van der Waals surface area contributed by atoms with Crippen LogP contribution in [0.1, 0.15) is 5.56 Å². The largest absolute Gasteiger partial charge is 0.482 e. The smallest absolute Gasteiger partial charge is 0.341 e. The second-order valence-corrected chi connectivity index (χ2v) is 6.81. The lowest BCUT2D eigenvalue weighted by atomic mass is 10.2. The van der Waals surface area contributed by atoms with Crippen molar-refractivity contribution in [3.63, 3.8) is 0 Å². The third-order valence-corrected chi connectivity index (χ3v) is 4.72. The summed E-state index contributed by atoms with van der Waals surface area (Å²) in [6, 6.07) is 10.3. The third kappa shape index (κ3) is 4.61. The van der Waals surface area contributed by atoms with Gasteiger partial charge in [0.25, 0.3) is 10.0 Å². The van der Waals surface area contributed by atoms with Crippen molar-refractivity contribution in [2.24, 2.45) is 0 Å². The highest BCUT2D eigenvalue weighted by Gasteiger charge is 2.15. The van der Waals surface area contributed by atoms with Gasteiger partial charge in [-0.3, -0.25) is 4.72 Å². The van der Waals surface area contributed by atoms with Crippen LogP contribution in [0.15, 0.2) is 47.4 Å². The molecule has 0 aliphatic heterocycles. The van der Waals surface area contributed by atoms with Crippen molar-refractivity contribution in [1.82, 2.24) is 0 Å². The number of benzene rings is 2. The van der Waals surface area contributed by atoms with Crippen LogP contribution in [0.3, 0.4) is 0 Å². The Labute approximate surface area is 138 Å². The second kappa shape index (κ2) is 6.89. The van der Waals surface area contributed by atoms with Gasteiger partial charge in [0.05, 0.1) is 10.6 Å². The number of hydrogen-bond donors (Lipinski definition) is 2. The first-order chi connectivity index (χ1) is 10.8. The molecule has 2 N–H and O–H groups in total. The van der Waals surface area contributed by atoms with Crippen LogP contribution in [0.2, 0.25) is 5.02 Å². The molecule has 0 atom stereocenters. The maximum atomic E-state index is 12.3. The van der Waals surface area contributed by atoms with Crippen LogP contribution in [0, 0.1) is 6.92 Å². The topological polar surface area (TPSA) is 92.7 Å². The van der Waals surface area contributed by atoms with Crippen molar-refractivity contribution >= 4 is 33.3 Å². The lowest BCUT2D eigenvalue weighted by Gasteiger charge is -2.10. The Morgan fingerprint density at radius 2 is 1.87 bits per heavy atom. The molecule has 0 heterocycles. The third-order valence-electron chi connectivity index (χ3n) is 2.92. The molecule has 0 radical (unpaired) electrons. The predicted molar refractivity (Wildman–Crippen MR) is 86.6 cm³/mol. The van der Waals surface area contributed by atoms with Gasteiger partial charge in [0.2, 0.25) is 0 Å². The minimum Gasteiger partial charge on any atom is -0.482 e. The van der Waals surface area contributed by atoms with Crippen LogP contribution in [0.4, 0.5) is 5.69 Å². The fraction of sp³-hybridized carbons (Fsp3) is 0.133. The van der Waals surface area contributed by atoms with Gasteiger partial charge in [-0.1, -0.05) is 17.7 Å². The van der Waals surface area contributed by atoms with E-state index in [0.717, 1.165) is 5.56 Å². The van der Waals surface area contributed by atoms with Gasteiger partial charge >= 0.3 is 5.97 Å². The number of sulfonamides is 1. The first-order valence-corrected chi connectivity index (χ1v) is 8.38. The minimum absolute atomic E-state index is 0.0249. The normalized spacial score (nSPS) is 11.0. The van der Waals surface area contributed by atoms with E-state index in [0.29, 0.717) is 10.7 Å². The molecule has 8 heteroatoms. The lowest BCUT2D eigenvalue weighted by molar-refractivity contribution is -0.139. The van der Waals surface area contributed by atoms with Gasteiger partial charge in [0.1, 0.15) is 5.75 Å². The highest BCUT2D eigenvalue weighted by Crippen LogP contribution is 2.23. The van der Waals surface area contributed by atoms with Crippen LogP contribution < -0.4 is 9.46 Å². The van der Waals surface area contributed by atoms with Crippen LogP contribution in [-0.4, -0.2) is 26.1 Å².